The molecule has 30 heavy (non-hydrogen) atoms. The van der Waals surface area contributed by atoms with Crippen molar-refractivity contribution in [1.29, 1.82) is 0 Å². The number of benzene rings is 2. The van der Waals surface area contributed by atoms with Crippen LogP contribution in [0.1, 0.15) is 12.5 Å². The van der Waals surface area contributed by atoms with E-state index >= 15 is 0 Å². The minimum absolute atomic E-state index is 0.0181. The van der Waals surface area contributed by atoms with Crippen LogP contribution >= 0.6 is 0 Å². The summed E-state index contributed by atoms with van der Waals surface area (Å²) in [4.78, 5) is 15.4. The minimum atomic E-state index is -4.05. The van der Waals surface area contributed by atoms with Crippen molar-refractivity contribution in [3.8, 4) is 17.2 Å². The predicted molar refractivity (Wildman–Crippen MR) is 113 cm³/mol. The van der Waals surface area contributed by atoms with Crippen LogP contribution in [-0.2, 0) is 14.9 Å². The van der Waals surface area contributed by atoms with E-state index in [1.165, 1.54) is 20.3 Å². The van der Waals surface area contributed by atoms with E-state index in [0.717, 1.165) is 18.8 Å². The Labute approximate surface area is 177 Å². The zero-order valence-electron chi connectivity index (χ0n) is 17.5. The summed E-state index contributed by atoms with van der Waals surface area (Å²) in [5, 5.41) is 0. The van der Waals surface area contributed by atoms with Gasteiger partial charge in [-0.2, -0.15) is 8.42 Å². The van der Waals surface area contributed by atoms with Gasteiger partial charge in [0.15, 0.2) is 11.5 Å². The molecule has 0 radical (unpaired) electrons. The summed E-state index contributed by atoms with van der Waals surface area (Å²) < 4.78 is 41.4. The van der Waals surface area contributed by atoms with Crippen molar-refractivity contribution in [2.75, 3.05) is 45.3 Å². The molecular formula is C21H26N2O6S. The maximum atomic E-state index is 12.8. The molecule has 0 aliphatic carbocycles. The lowest BCUT2D eigenvalue weighted by Crippen LogP contribution is -2.48. The summed E-state index contributed by atoms with van der Waals surface area (Å²) >= 11 is 0. The number of hydrogen-bond acceptors (Lipinski definition) is 7. The van der Waals surface area contributed by atoms with Gasteiger partial charge in [-0.05, 0) is 42.8 Å². The first kappa shape index (κ1) is 21.8. The van der Waals surface area contributed by atoms with Gasteiger partial charge in [-0.25, -0.2) is 0 Å². The van der Waals surface area contributed by atoms with E-state index in [4.69, 9.17) is 13.7 Å². The molecule has 8 nitrogen and oxygen atoms in total. The van der Waals surface area contributed by atoms with Crippen LogP contribution in [0.15, 0.2) is 41.3 Å². The molecule has 0 bridgehead atoms. The second-order valence-electron chi connectivity index (χ2n) is 7.00. The highest BCUT2D eigenvalue weighted by atomic mass is 32.2. The summed E-state index contributed by atoms with van der Waals surface area (Å²) in [5.74, 6) is 1.05. The third kappa shape index (κ3) is 4.62. The van der Waals surface area contributed by atoms with Gasteiger partial charge in [0, 0.05) is 44.9 Å². The number of nitrogens with zero attached hydrogens (tertiary/aromatic N) is 2. The summed E-state index contributed by atoms with van der Waals surface area (Å²) in [5.41, 5.74) is 1.44. The molecule has 0 N–H and O–H groups in total. The van der Waals surface area contributed by atoms with E-state index in [2.05, 4.69) is 4.90 Å². The van der Waals surface area contributed by atoms with Crippen molar-refractivity contribution in [2.45, 2.75) is 18.7 Å². The second-order valence-corrected chi connectivity index (χ2v) is 8.51. The number of anilines is 1. The van der Waals surface area contributed by atoms with Gasteiger partial charge in [0.05, 0.1) is 14.2 Å². The topological polar surface area (TPSA) is 85.4 Å². The standard InChI is InChI=1S/C21H26N2O6S/c1-15-13-19(27-3)20(28-4)14-21(15)30(25,26)29-18-7-5-17(6-8-18)23-11-9-22(10-12-23)16(2)24/h5-8,13-14H,9-12H2,1-4H3. The van der Waals surface area contributed by atoms with Crippen molar-refractivity contribution in [3.63, 3.8) is 0 Å². The van der Waals surface area contributed by atoms with Crippen molar-refractivity contribution >= 4 is 21.7 Å². The Bertz CT molecular complexity index is 1010. The molecule has 1 saturated heterocycles. The van der Waals surface area contributed by atoms with E-state index in [-0.39, 0.29) is 16.6 Å². The average Bonchev–Trinajstić information content (AvgIpc) is 2.73. The average molecular weight is 435 g/mol. The lowest BCUT2D eigenvalue weighted by molar-refractivity contribution is -0.129. The molecule has 1 aliphatic heterocycles. The molecule has 1 aliphatic rings. The van der Waals surface area contributed by atoms with Gasteiger partial charge in [-0.1, -0.05) is 0 Å². The van der Waals surface area contributed by atoms with Crippen LogP contribution in [0.25, 0.3) is 0 Å². The number of rotatable bonds is 6. The summed E-state index contributed by atoms with van der Waals surface area (Å²) in [6.07, 6.45) is 0. The van der Waals surface area contributed by atoms with Crippen LogP contribution in [0, 0.1) is 6.92 Å². The van der Waals surface area contributed by atoms with Crippen LogP contribution in [-0.4, -0.2) is 59.6 Å². The van der Waals surface area contributed by atoms with Crippen LogP contribution in [0.3, 0.4) is 0 Å². The molecule has 2 aromatic rings. The van der Waals surface area contributed by atoms with Gasteiger partial charge in [0.25, 0.3) is 0 Å². The lowest BCUT2D eigenvalue weighted by atomic mass is 10.2. The van der Waals surface area contributed by atoms with E-state index in [1.54, 1.807) is 32.0 Å². The van der Waals surface area contributed by atoms with E-state index in [1.807, 2.05) is 17.0 Å². The third-order valence-electron chi connectivity index (χ3n) is 5.08. The Morgan fingerprint density at radius 1 is 0.933 bits per heavy atom. The highest BCUT2D eigenvalue weighted by molar-refractivity contribution is 7.87. The number of carbonyl (C=O) groups excluding carboxylic acids is 1. The Hall–Kier alpha value is -2.94. The van der Waals surface area contributed by atoms with Gasteiger partial charge in [0.1, 0.15) is 10.6 Å². The monoisotopic (exact) mass is 434 g/mol. The predicted octanol–water partition coefficient (Wildman–Crippen LogP) is 2.45. The number of carbonyl (C=O) groups is 1. The Morgan fingerprint density at radius 2 is 1.50 bits per heavy atom. The quantitative estimate of drug-likeness (QED) is 0.646. The number of piperazine rings is 1. The smallest absolute Gasteiger partial charge is 0.339 e. The Kier molecular flexibility index (Phi) is 6.40. The third-order valence-corrected chi connectivity index (χ3v) is 6.47. The summed E-state index contributed by atoms with van der Waals surface area (Å²) in [6, 6.07) is 9.87. The van der Waals surface area contributed by atoms with E-state index in [0.29, 0.717) is 30.2 Å². The molecule has 3 rings (SSSR count). The number of aryl methyl sites for hydroxylation is 1. The van der Waals surface area contributed by atoms with Gasteiger partial charge in [-0.15, -0.1) is 0 Å². The van der Waals surface area contributed by atoms with Gasteiger partial charge >= 0.3 is 10.1 Å². The molecule has 1 heterocycles. The molecule has 1 fully saturated rings. The fourth-order valence-corrected chi connectivity index (χ4v) is 4.55. The first-order chi connectivity index (χ1) is 14.2. The fourth-order valence-electron chi connectivity index (χ4n) is 3.39. The van der Waals surface area contributed by atoms with Gasteiger partial charge in [-0.3, -0.25) is 4.79 Å². The molecule has 0 aromatic heterocycles. The van der Waals surface area contributed by atoms with Crippen molar-refractivity contribution < 1.29 is 26.9 Å². The van der Waals surface area contributed by atoms with Crippen molar-refractivity contribution in [3.05, 3.63) is 42.0 Å². The number of ether oxygens (including phenoxy) is 2. The molecule has 0 atom stereocenters. The molecule has 0 spiro atoms. The highest BCUT2D eigenvalue weighted by Crippen LogP contribution is 2.33. The SMILES string of the molecule is COc1cc(C)c(S(=O)(=O)Oc2ccc(N3CCN(C(C)=O)CC3)cc2)cc1OC. The molecule has 162 valence electrons. The largest absolute Gasteiger partial charge is 0.493 e. The second kappa shape index (κ2) is 8.83. The summed E-state index contributed by atoms with van der Waals surface area (Å²) in [7, 11) is -1.12. The van der Waals surface area contributed by atoms with Crippen LogP contribution in [0.5, 0.6) is 17.2 Å². The normalized spacial score (nSPS) is 14.4. The van der Waals surface area contributed by atoms with Crippen molar-refractivity contribution in [2.24, 2.45) is 0 Å². The molecule has 9 heteroatoms. The Balaban J connectivity index is 1.74. The summed E-state index contributed by atoms with van der Waals surface area (Å²) in [6.45, 7) is 6.03. The number of amides is 1. The number of hydrogen-bond donors (Lipinski definition) is 0. The highest BCUT2D eigenvalue weighted by Gasteiger charge is 2.23. The lowest BCUT2D eigenvalue weighted by Gasteiger charge is -2.35. The van der Waals surface area contributed by atoms with Crippen LogP contribution in [0.2, 0.25) is 0 Å². The minimum Gasteiger partial charge on any atom is -0.493 e. The number of methoxy groups -OCH3 is 2. The van der Waals surface area contributed by atoms with Crippen LogP contribution in [0.4, 0.5) is 5.69 Å². The molecule has 0 unspecified atom stereocenters. The zero-order chi connectivity index (χ0) is 21.9. The first-order valence-corrected chi connectivity index (χ1v) is 10.9. The van der Waals surface area contributed by atoms with Crippen LogP contribution < -0.4 is 18.6 Å². The molecule has 1 amide bonds. The van der Waals surface area contributed by atoms with Crippen molar-refractivity contribution in [1.82, 2.24) is 4.90 Å². The fraction of sp³-hybridized carbons (Fsp3) is 0.381. The molecule has 2 aromatic carbocycles. The maximum Gasteiger partial charge on any atom is 0.339 e. The molecular weight excluding hydrogens is 408 g/mol. The maximum absolute atomic E-state index is 12.8. The zero-order valence-corrected chi connectivity index (χ0v) is 18.4. The molecule has 0 saturated carbocycles. The van der Waals surface area contributed by atoms with Gasteiger partial charge in [0.2, 0.25) is 5.91 Å². The van der Waals surface area contributed by atoms with E-state index in [9.17, 15) is 13.2 Å². The Morgan fingerprint density at radius 3 is 2.03 bits per heavy atom. The van der Waals surface area contributed by atoms with E-state index < -0.39 is 10.1 Å². The first-order valence-electron chi connectivity index (χ1n) is 9.53. The van der Waals surface area contributed by atoms with Gasteiger partial charge < -0.3 is 23.5 Å².